The molecule has 4 aliphatic rings. The molecule has 0 saturated carbocycles. The molecule has 0 amide bonds. The molecule has 32 heavy (non-hydrogen) atoms. The van der Waals surface area contributed by atoms with Gasteiger partial charge in [0.1, 0.15) is 29.5 Å². The van der Waals surface area contributed by atoms with Crippen molar-refractivity contribution in [1.82, 2.24) is 19.2 Å². The highest BCUT2D eigenvalue weighted by atomic mass is 35.5. The van der Waals surface area contributed by atoms with E-state index >= 15 is 4.39 Å². The Hall–Kier alpha value is -1.92. The first-order valence-corrected chi connectivity index (χ1v) is 11.6. The van der Waals surface area contributed by atoms with Gasteiger partial charge in [0.15, 0.2) is 0 Å². The summed E-state index contributed by atoms with van der Waals surface area (Å²) in [6.07, 6.45) is 2.22. The van der Waals surface area contributed by atoms with E-state index in [9.17, 15) is 9.32 Å². The summed E-state index contributed by atoms with van der Waals surface area (Å²) in [5, 5.41) is 13.8. The number of nitrogens with one attached hydrogen (secondary N) is 1. The van der Waals surface area contributed by atoms with Crippen molar-refractivity contribution in [2.24, 2.45) is 4.99 Å². The quantitative estimate of drug-likeness (QED) is 0.556. The van der Waals surface area contributed by atoms with Crippen molar-refractivity contribution in [3.8, 4) is 0 Å². The number of aliphatic hydroxyl groups is 1. The van der Waals surface area contributed by atoms with E-state index in [1.165, 1.54) is 12.3 Å². The molecule has 2 unspecified atom stereocenters. The third-order valence-corrected chi connectivity index (χ3v) is 7.23. The van der Waals surface area contributed by atoms with E-state index in [4.69, 9.17) is 16.3 Å². The van der Waals surface area contributed by atoms with Crippen LogP contribution < -0.4 is 5.32 Å². The number of nitrogens with zero attached hydrogens (tertiary/aromatic N) is 5. The number of morpholine rings is 1. The van der Waals surface area contributed by atoms with Crippen molar-refractivity contribution in [2.75, 3.05) is 25.0 Å². The lowest BCUT2D eigenvalue weighted by atomic mass is 9.89. The number of aliphatic imine (C=N–C) groups is 1. The van der Waals surface area contributed by atoms with Crippen LogP contribution in [-0.2, 0) is 16.6 Å². The smallest absolute Gasteiger partial charge is 0.223 e. The number of rotatable bonds is 4. The summed E-state index contributed by atoms with van der Waals surface area (Å²) in [4.78, 5) is 15.3. The minimum atomic E-state index is -0.736. The van der Waals surface area contributed by atoms with Crippen molar-refractivity contribution in [3.63, 3.8) is 0 Å². The fourth-order valence-electron chi connectivity index (χ4n) is 4.84. The summed E-state index contributed by atoms with van der Waals surface area (Å²) in [6, 6.07) is -0.596. The molecule has 0 aromatic carbocycles. The predicted molar refractivity (Wildman–Crippen MR) is 120 cm³/mol. The van der Waals surface area contributed by atoms with Gasteiger partial charge in [-0.25, -0.2) is 27.9 Å². The zero-order valence-electron chi connectivity index (χ0n) is 17.6. The second kappa shape index (κ2) is 8.45. The average Bonchev–Trinajstić information content (AvgIpc) is 3.14. The standard InChI is InChI=1S/C20H24ClFN6O3S/c1-9-8-31-19-11(5-13(22)17-18(19)28(9)10(2)24-17)16-12(21)6-23-20(26-16)25-14-3-4-27(32-30)7-15(14)29/h5-6,9,14-15,18-19,29,32H,3-4,7-8H2,1-2H3,(H,23,25,26)/t9-,14+,15+,18?,19?/m0/s1. The first kappa shape index (κ1) is 21.9. The number of halogens is 2. The molecule has 0 radical (unpaired) electrons. The van der Waals surface area contributed by atoms with E-state index in [0.717, 1.165) is 5.84 Å². The fourth-order valence-corrected chi connectivity index (χ4v) is 5.47. The van der Waals surface area contributed by atoms with Gasteiger partial charge in [0.05, 0.1) is 53.6 Å². The molecular weight excluding hydrogens is 459 g/mol. The molecule has 12 heteroatoms. The van der Waals surface area contributed by atoms with Crippen molar-refractivity contribution in [3.05, 3.63) is 34.5 Å². The molecule has 5 rings (SSSR count). The number of ether oxygens (including phenoxy) is 1. The van der Waals surface area contributed by atoms with Gasteiger partial charge in [-0.05, 0) is 26.3 Å². The lowest BCUT2D eigenvalue weighted by Crippen LogP contribution is -2.56. The van der Waals surface area contributed by atoms with Crippen LogP contribution in [0.3, 0.4) is 0 Å². The van der Waals surface area contributed by atoms with Crippen LogP contribution in [0, 0.1) is 0 Å². The Bertz CT molecular complexity index is 1050. The second-order valence-electron chi connectivity index (χ2n) is 8.44. The highest BCUT2D eigenvalue weighted by Crippen LogP contribution is 2.43. The molecule has 3 aliphatic heterocycles. The zero-order chi connectivity index (χ0) is 22.6. The monoisotopic (exact) mass is 482 g/mol. The summed E-state index contributed by atoms with van der Waals surface area (Å²) >= 11 is 6.33. The van der Waals surface area contributed by atoms with E-state index in [1.807, 2.05) is 13.8 Å². The van der Waals surface area contributed by atoms with Gasteiger partial charge >= 0.3 is 0 Å². The molecular formula is C20H24ClFN6O3S. The van der Waals surface area contributed by atoms with Crippen molar-refractivity contribution < 1.29 is 18.4 Å². The Morgan fingerprint density at radius 2 is 2.25 bits per heavy atom. The van der Waals surface area contributed by atoms with Gasteiger partial charge in [-0.2, -0.15) is 0 Å². The topological polar surface area (TPSA) is 103 Å². The number of amidine groups is 1. The molecule has 0 bridgehead atoms. The summed E-state index contributed by atoms with van der Waals surface area (Å²) in [6.45, 7) is 5.21. The number of allylic oxidation sites excluding steroid dienone is 2. The maximum atomic E-state index is 15.1. The maximum Gasteiger partial charge on any atom is 0.223 e. The summed E-state index contributed by atoms with van der Waals surface area (Å²) in [5.41, 5.74) is 1.29. The molecule has 4 heterocycles. The number of β-amino-alcohol motifs (C(OH)–C–C–N with tert-alkyl or cyclic N) is 1. The summed E-state index contributed by atoms with van der Waals surface area (Å²) in [5.74, 6) is 0.617. The van der Waals surface area contributed by atoms with E-state index in [0.29, 0.717) is 36.5 Å². The van der Waals surface area contributed by atoms with Crippen LogP contribution in [0.2, 0.25) is 5.02 Å². The first-order valence-electron chi connectivity index (χ1n) is 10.5. The van der Waals surface area contributed by atoms with Crippen LogP contribution in [0.15, 0.2) is 28.8 Å². The molecule has 2 N–H and O–H groups in total. The molecule has 172 valence electrons. The van der Waals surface area contributed by atoms with E-state index in [2.05, 4.69) is 25.2 Å². The predicted octanol–water partition coefficient (Wildman–Crippen LogP) is 1.31. The molecule has 9 nitrogen and oxygen atoms in total. The summed E-state index contributed by atoms with van der Waals surface area (Å²) < 4.78 is 33.9. The van der Waals surface area contributed by atoms with Crippen LogP contribution in [0.25, 0.3) is 5.57 Å². The molecule has 5 atom stereocenters. The van der Waals surface area contributed by atoms with Crippen LogP contribution in [0.1, 0.15) is 26.0 Å². The normalized spacial score (nSPS) is 32.5. The summed E-state index contributed by atoms with van der Waals surface area (Å²) in [7, 11) is 0. The number of hydrogen-bond acceptors (Lipinski definition) is 8. The number of aliphatic hydroxyl groups excluding tert-OH is 1. The Morgan fingerprint density at radius 3 is 3.00 bits per heavy atom. The van der Waals surface area contributed by atoms with Crippen LogP contribution >= 0.6 is 11.6 Å². The third-order valence-electron chi connectivity index (χ3n) is 6.36. The van der Waals surface area contributed by atoms with Crippen molar-refractivity contribution >= 4 is 40.8 Å². The van der Waals surface area contributed by atoms with Crippen LogP contribution in [-0.4, -0.2) is 84.4 Å². The Balaban J connectivity index is 1.45. The Morgan fingerprint density at radius 1 is 1.44 bits per heavy atom. The van der Waals surface area contributed by atoms with E-state index < -0.39 is 18.0 Å². The molecule has 1 aliphatic carbocycles. The number of aromatic nitrogens is 2. The van der Waals surface area contributed by atoms with Crippen LogP contribution in [0.5, 0.6) is 0 Å². The molecule has 1 aromatic rings. The first-order chi connectivity index (χ1) is 15.4. The van der Waals surface area contributed by atoms with Gasteiger partial charge < -0.3 is 20.1 Å². The van der Waals surface area contributed by atoms with Gasteiger partial charge in [0.2, 0.25) is 5.95 Å². The molecule has 2 saturated heterocycles. The third kappa shape index (κ3) is 3.65. The number of piperidine rings is 1. The fraction of sp³-hybridized carbons (Fsp3) is 0.550. The number of hydrogen-bond donors (Lipinski definition) is 3. The largest absolute Gasteiger partial charge is 0.390 e. The highest BCUT2D eigenvalue weighted by Gasteiger charge is 2.48. The molecule has 1 aromatic heterocycles. The lowest BCUT2D eigenvalue weighted by molar-refractivity contribution is -0.0282. The van der Waals surface area contributed by atoms with Crippen LogP contribution in [0.4, 0.5) is 10.3 Å². The second-order valence-corrected chi connectivity index (χ2v) is 9.57. The van der Waals surface area contributed by atoms with Crippen molar-refractivity contribution in [1.29, 1.82) is 0 Å². The Kier molecular flexibility index (Phi) is 5.79. The van der Waals surface area contributed by atoms with E-state index in [-0.39, 0.29) is 47.5 Å². The van der Waals surface area contributed by atoms with Gasteiger partial charge in [-0.3, -0.25) is 0 Å². The maximum absolute atomic E-state index is 15.1. The lowest BCUT2D eigenvalue weighted by Gasteiger charge is -2.44. The zero-order valence-corrected chi connectivity index (χ0v) is 19.2. The molecule has 2 fully saturated rings. The van der Waals surface area contributed by atoms with Gasteiger partial charge in [0, 0.05) is 18.7 Å². The number of thiol groups is 1. The number of anilines is 1. The minimum absolute atomic E-state index is 0.0728. The SMILES string of the molecule is CC1=NC2=C(F)C=C(c3nc(N[C@@H]4CCN([SH]=O)C[C@H]4O)ncc3Cl)C3OC[C@H](C)N1C23. The van der Waals surface area contributed by atoms with Gasteiger partial charge in [-0.1, -0.05) is 11.6 Å². The average molecular weight is 483 g/mol. The molecule has 0 spiro atoms. The van der Waals surface area contributed by atoms with E-state index in [1.54, 1.807) is 4.31 Å². The highest BCUT2D eigenvalue weighted by molar-refractivity contribution is 7.63. The minimum Gasteiger partial charge on any atom is -0.390 e. The van der Waals surface area contributed by atoms with Crippen molar-refractivity contribution in [2.45, 2.75) is 50.6 Å². The van der Waals surface area contributed by atoms with Gasteiger partial charge in [-0.15, -0.1) is 0 Å². The Labute approximate surface area is 193 Å². The van der Waals surface area contributed by atoms with Gasteiger partial charge in [0.25, 0.3) is 0 Å².